The summed E-state index contributed by atoms with van der Waals surface area (Å²) < 4.78 is 4.47. The molecule has 6 nitrogen and oxygen atoms in total. The van der Waals surface area contributed by atoms with Gasteiger partial charge in [-0.15, -0.1) is 0 Å². The van der Waals surface area contributed by atoms with Crippen LogP contribution >= 0.6 is 0 Å². The van der Waals surface area contributed by atoms with Gasteiger partial charge in [0.2, 0.25) is 11.8 Å². The smallest absolute Gasteiger partial charge is 0.325 e. The number of esters is 1. The number of methoxy groups -OCH3 is 1. The Morgan fingerprint density at radius 3 is 2.50 bits per heavy atom. The van der Waals surface area contributed by atoms with Gasteiger partial charge in [0.1, 0.15) is 6.54 Å². The second kappa shape index (κ2) is 6.60. The zero-order valence-electron chi connectivity index (χ0n) is 13.0. The number of ether oxygens (including phenoxy) is 1. The van der Waals surface area contributed by atoms with Gasteiger partial charge in [0.25, 0.3) is 0 Å². The van der Waals surface area contributed by atoms with Crippen LogP contribution < -0.4 is 10.2 Å². The summed E-state index contributed by atoms with van der Waals surface area (Å²) in [6, 6.07) is 5.89. The number of amides is 2. The average Bonchev–Trinajstić information content (AvgIpc) is 2.85. The summed E-state index contributed by atoms with van der Waals surface area (Å²) in [6.07, 6.45) is 0.153. The molecule has 1 aliphatic rings. The Morgan fingerprint density at radius 1 is 1.27 bits per heavy atom. The molecule has 0 spiro atoms. The third kappa shape index (κ3) is 3.63. The lowest BCUT2D eigenvalue weighted by molar-refractivity contribution is -0.141. The lowest BCUT2D eigenvalue weighted by atomic mass is 10.1. The molecule has 1 unspecified atom stereocenters. The van der Waals surface area contributed by atoms with Crippen molar-refractivity contribution in [3.05, 3.63) is 29.3 Å². The van der Waals surface area contributed by atoms with Gasteiger partial charge in [0.05, 0.1) is 13.0 Å². The number of hydrogen-bond acceptors (Lipinski definition) is 4. The minimum absolute atomic E-state index is 0.0804. The molecule has 0 saturated carbocycles. The third-order valence-corrected chi connectivity index (χ3v) is 3.65. The molecular weight excluding hydrogens is 284 g/mol. The SMILES string of the molecule is COC(=O)CNC(=O)C1CC(=O)N(c2cc(C)cc(C)c2)C1. The molecule has 6 heteroatoms. The maximum absolute atomic E-state index is 12.2. The summed E-state index contributed by atoms with van der Waals surface area (Å²) >= 11 is 0. The van der Waals surface area contributed by atoms with Crippen molar-refractivity contribution in [2.45, 2.75) is 20.3 Å². The molecule has 2 rings (SSSR count). The van der Waals surface area contributed by atoms with Crippen LogP contribution in [0.4, 0.5) is 5.69 Å². The van der Waals surface area contributed by atoms with E-state index in [9.17, 15) is 14.4 Å². The van der Waals surface area contributed by atoms with E-state index in [4.69, 9.17) is 0 Å². The molecule has 0 bridgehead atoms. The van der Waals surface area contributed by atoms with Crippen molar-refractivity contribution in [1.29, 1.82) is 0 Å². The number of aryl methyl sites for hydroxylation is 2. The van der Waals surface area contributed by atoms with Crippen molar-refractivity contribution in [3.63, 3.8) is 0 Å². The van der Waals surface area contributed by atoms with Gasteiger partial charge >= 0.3 is 5.97 Å². The molecule has 118 valence electrons. The van der Waals surface area contributed by atoms with Crippen LogP contribution in [-0.4, -0.2) is 38.0 Å². The predicted molar refractivity (Wildman–Crippen MR) is 81.4 cm³/mol. The Bertz CT molecular complexity index is 592. The molecule has 1 saturated heterocycles. The number of carbonyl (C=O) groups is 3. The minimum Gasteiger partial charge on any atom is -0.468 e. The standard InChI is InChI=1S/C16H20N2O4/c1-10-4-11(2)6-13(5-10)18-9-12(7-14(18)19)16(21)17-8-15(20)22-3/h4-6,12H,7-9H2,1-3H3,(H,17,21). The van der Waals surface area contributed by atoms with Crippen LogP contribution in [0.5, 0.6) is 0 Å². The summed E-state index contributed by atoms with van der Waals surface area (Å²) in [5.41, 5.74) is 2.95. The van der Waals surface area contributed by atoms with Crippen LogP contribution in [0.15, 0.2) is 18.2 Å². The van der Waals surface area contributed by atoms with Crippen LogP contribution in [0.3, 0.4) is 0 Å². The number of hydrogen-bond donors (Lipinski definition) is 1. The lowest BCUT2D eigenvalue weighted by Gasteiger charge is -2.18. The zero-order chi connectivity index (χ0) is 16.3. The lowest BCUT2D eigenvalue weighted by Crippen LogP contribution is -2.36. The highest BCUT2D eigenvalue weighted by Crippen LogP contribution is 2.27. The van der Waals surface area contributed by atoms with Crippen LogP contribution in [0.2, 0.25) is 0 Å². The van der Waals surface area contributed by atoms with E-state index < -0.39 is 11.9 Å². The van der Waals surface area contributed by atoms with Crippen molar-refractivity contribution in [1.82, 2.24) is 5.32 Å². The molecule has 1 aliphatic heterocycles. The number of rotatable bonds is 4. The van der Waals surface area contributed by atoms with E-state index in [1.807, 2.05) is 32.0 Å². The Morgan fingerprint density at radius 2 is 1.91 bits per heavy atom. The van der Waals surface area contributed by atoms with Crippen molar-refractivity contribution < 1.29 is 19.1 Å². The number of nitrogens with one attached hydrogen (secondary N) is 1. The second-order valence-corrected chi connectivity index (χ2v) is 5.55. The van der Waals surface area contributed by atoms with Crippen molar-refractivity contribution >= 4 is 23.5 Å². The number of benzene rings is 1. The van der Waals surface area contributed by atoms with E-state index >= 15 is 0 Å². The van der Waals surface area contributed by atoms with E-state index in [1.54, 1.807) is 4.90 Å². The fraction of sp³-hybridized carbons (Fsp3) is 0.438. The van der Waals surface area contributed by atoms with Gasteiger partial charge in [-0.25, -0.2) is 0 Å². The van der Waals surface area contributed by atoms with Crippen molar-refractivity contribution in [2.24, 2.45) is 5.92 Å². The van der Waals surface area contributed by atoms with E-state index in [-0.39, 0.29) is 24.8 Å². The van der Waals surface area contributed by atoms with Crippen LogP contribution in [0.25, 0.3) is 0 Å². The van der Waals surface area contributed by atoms with E-state index in [2.05, 4.69) is 10.1 Å². The fourth-order valence-electron chi connectivity index (χ4n) is 2.62. The monoisotopic (exact) mass is 304 g/mol. The maximum atomic E-state index is 12.2. The molecule has 0 radical (unpaired) electrons. The molecule has 1 N–H and O–H groups in total. The van der Waals surface area contributed by atoms with E-state index in [1.165, 1.54) is 7.11 Å². The van der Waals surface area contributed by atoms with Gasteiger partial charge in [-0.1, -0.05) is 6.07 Å². The molecule has 1 atom stereocenters. The van der Waals surface area contributed by atoms with Crippen LogP contribution in [-0.2, 0) is 19.1 Å². The molecule has 22 heavy (non-hydrogen) atoms. The molecule has 2 amide bonds. The normalized spacial score (nSPS) is 17.5. The molecule has 1 fully saturated rings. The van der Waals surface area contributed by atoms with E-state index in [0.717, 1.165) is 16.8 Å². The molecule has 1 aromatic carbocycles. The third-order valence-electron chi connectivity index (χ3n) is 3.65. The maximum Gasteiger partial charge on any atom is 0.325 e. The summed E-state index contributed by atoms with van der Waals surface area (Å²) in [5.74, 6) is -1.34. The van der Waals surface area contributed by atoms with Crippen LogP contribution in [0, 0.1) is 19.8 Å². The molecular formula is C16H20N2O4. The first-order valence-corrected chi connectivity index (χ1v) is 7.14. The van der Waals surface area contributed by atoms with Crippen molar-refractivity contribution in [3.8, 4) is 0 Å². The zero-order valence-corrected chi connectivity index (χ0v) is 13.0. The Kier molecular flexibility index (Phi) is 4.80. The number of anilines is 1. The highest BCUT2D eigenvalue weighted by atomic mass is 16.5. The topological polar surface area (TPSA) is 75.7 Å². The van der Waals surface area contributed by atoms with Gasteiger partial charge in [0, 0.05) is 18.7 Å². The fourth-order valence-corrected chi connectivity index (χ4v) is 2.62. The molecule has 1 heterocycles. The second-order valence-electron chi connectivity index (χ2n) is 5.55. The molecule has 0 aromatic heterocycles. The summed E-state index contributed by atoms with van der Waals surface area (Å²) in [4.78, 5) is 36.9. The summed E-state index contributed by atoms with van der Waals surface area (Å²) in [7, 11) is 1.26. The first-order valence-electron chi connectivity index (χ1n) is 7.14. The summed E-state index contributed by atoms with van der Waals surface area (Å²) in [5, 5.41) is 2.50. The van der Waals surface area contributed by atoms with E-state index in [0.29, 0.717) is 6.54 Å². The van der Waals surface area contributed by atoms with Gasteiger partial charge < -0.3 is 15.0 Å². The van der Waals surface area contributed by atoms with Gasteiger partial charge in [-0.2, -0.15) is 0 Å². The largest absolute Gasteiger partial charge is 0.468 e. The quantitative estimate of drug-likeness (QED) is 0.840. The first kappa shape index (κ1) is 16.0. The minimum atomic E-state index is -0.510. The van der Waals surface area contributed by atoms with Gasteiger partial charge in [-0.3, -0.25) is 14.4 Å². The highest BCUT2D eigenvalue weighted by molar-refractivity contribution is 6.00. The van der Waals surface area contributed by atoms with Crippen molar-refractivity contribution in [2.75, 3.05) is 25.1 Å². The number of carbonyl (C=O) groups excluding carboxylic acids is 3. The molecule has 1 aromatic rings. The predicted octanol–water partition coefficient (Wildman–Crippen LogP) is 0.946. The number of nitrogens with zero attached hydrogens (tertiary/aromatic N) is 1. The summed E-state index contributed by atoms with van der Waals surface area (Å²) in [6.45, 7) is 4.09. The Hall–Kier alpha value is -2.37. The van der Waals surface area contributed by atoms with Gasteiger partial charge in [-0.05, 0) is 37.1 Å². The first-order chi connectivity index (χ1) is 10.4. The Labute approximate surface area is 129 Å². The molecule has 0 aliphatic carbocycles. The van der Waals surface area contributed by atoms with Crippen LogP contribution in [0.1, 0.15) is 17.5 Å². The highest BCUT2D eigenvalue weighted by Gasteiger charge is 2.35. The Balaban J connectivity index is 2.04. The van der Waals surface area contributed by atoms with Gasteiger partial charge in [0.15, 0.2) is 0 Å². The average molecular weight is 304 g/mol.